The second-order valence-electron chi connectivity index (χ2n) is 8.06. The molecule has 4 rings (SSSR count). The minimum atomic E-state index is -0.497. The lowest BCUT2D eigenvalue weighted by atomic mass is 10.1. The largest absolute Gasteiger partial charge is 0.487 e. The SMILES string of the molecule is Cc1ccc2cccc(OCc3c(Cl)ccc(N(C)C(=O)NCC(=O)Nc4ccccc4)c3Cl)c2n1. The molecule has 0 atom stereocenters. The number of anilines is 2. The van der Waals surface area contributed by atoms with Crippen LogP contribution in [-0.4, -0.2) is 30.5 Å². The van der Waals surface area contributed by atoms with Crippen molar-refractivity contribution in [2.75, 3.05) is 23.8 Å². The molecule has 0 spiro atoms. The van der Waals surface area contributed by atoms with Gasteiger partial charge in [0.15, 0.2) is 0 Å². The third-order valence-electron chi connectivity index (χ3n) is 5.48. The fourth-order valence-electron chi connectivity index (χ4n) is 3.57. The first-order valence-electron chi connectivity index (χ1n) is 11.2. The number of hydrogen-bond donors (Lipinski definition) is 2. The number of pyridine rings is 1. The van der Waals surface area contributed by atoms with Crippen molar-refractivity contribution in [2.45, 2.75) is 13.5 Å². The summed E-state index contributed by atoms with van der Waals surface area (Å²) in [5.41, 5.74) is 3.22. The Bertz CT molecular complexity index is 1410. The van der Waals surface area contributed by atoms with Crippen LogP contribution in [0.2, 0.25) is 10.0 Å². The molecule has 0 aliphatic heterocycles. The molecule has 4 aromatic rings. The molecule has 0 radical (unpaired) electrons. The molecular formula is C27H24Cl2N4O3. The summed E-state index contributed by atoms with van der Waals surface area (Å²) in [5, 5.41) is 6.94. The normalized spacial score (nSPS) is 10.7. The van der Waals surface area contributed by atoms with Crippen molar-refractivity contribution in [1.82, 2.24) is 10.3 Å². The van der Waals surface area contributed by atoms with Crippen LogP contribution in [0.15, 0.2) is 72.8 Å². The van der Waals surface area contributed by atoms with Crippen LogP contribution in [-0.2, 0) is 11.4 Å². The van der Waals surface area contributed by atoms with Gasteiger partial charge in [-0.1, -0.05) is 59.6 Å². The van der Waals surface area contributed by atoms with E-state index in [1.54, 1.807) is 31.3 Å². The lowest BCUT2D eigenvalue weighted by Crippen LogP contribution is -2.41. The van der Waals surface area contributed by atoms with E-state index in [1.165, 1.54) is 4.90 Å². The number of nitrogens with one attached hydrogen (secondary N) is 2. The topological polar surface area (TPSA) is 83.6 Å². The molecule has 0 bridgehead atoms. The zero-order valence-corrected chi connectivity index (χ0v) is 21.2. The molecule has 3 amide bonds. The molecule has 0 aliphatic carbocycles. The third-order valence-corrected chi connectivity index (χ3v) is 6.26. The summed E-state index contributed by atoms with van der Waals surface area (Å²) in [7, 11) is 1.56. The van der Waals surface area contributed by atoms with E-state index in [-0.39, 0.29) is 24.1 Å². The molecule has 0 fully saturated rings. The van der Waals surface area contributed by atoms with Crippen LogP contribution in [0.3, 0.4) is 0 Å². The van der Waals surface area contributed by atoms with E-state index in [0.29, 0.717) is 27.7 Å². The van der Waals surface area contributed by atoms with E-state index >= 15 is 0 Å². The molecule has 184 valence electrons. The molecular weight excluding hydrogens is 499 g/mol. The average molecular weight is 523 g/mol. The molecule has 0 saturated carbocycles. The van der Waals surface area contributed by atoms with E-state index in [9.17, 15) is 9.59 Å². The van der Waals surface area contributed by atoms with Crippen LogP contribution in [0.1, 0.15) is 11.3 Å². The van der Waals surface area contributed by atoms with Crippen LogP contribution in [0, 0.1) is 6.92 Å². The highest BCUT2D eigenvalue weighted by atomic mass is 35.5. The van der Waals surface area contributed by atoms with Gasteiger partial charge in [-0.05, 0) is 43.3 Å². The number of nitrogens with zero attached hydrogens (tertiary/aromatic N) is 2. The zero-order valence-electron chi connectivity index (χ0n) is 19.7. The Morgan fingerprint density at radius 2 is 1.75 bits per heavy atom. The number of halogens is 2. The minimum absolute atomic E-state index is 0.0786. The standard InChI is InChI=1S/C27H24Cl2N4O3/c1-17-11-12-18-7-6-10-23(26(18)31-17)36-16-20-21(28)13-14-22(25(20)29)33(2)27(35)30-15-24(34)32-19-8-4-3-5-9-19/h3-14H,15-16H2,1-2H3,(H,30,35)(H,32,34). The smallest absolute Gasteiger partial charge is 0.322 e. The van der Waals surface area contributed by atoms with Gasteiger partial charge in [0.1, 0.15) is 17.9 Å². The first kappa shape index (κ1) is 25.3. The number of carbonyl (C=O) groups is 2. The summed E-state index contributed by atoms with van der Waals surface area (Å²) in [6.07, 6.45) is 0. The first-order valence-corrected chi connectivity index (χ1v) is 11.9. The monoisotopic (exact) mass is 522 g/mol. The van der Waals surface area contributed by atoms with Gasteiger partial charge in [0, 0.05) is 34.4 Å². The Morgan fingerprint density at radius 1 is 0.972 bits per heavy atom. The van der Waals surface area contributed by atoms with E-state index in [0.717, 1.165) is 16.6 Å². The molecule has 2 N–H and O–H groups in total. The minimum Gasteiger partial charge on any atom is -0.487 e. The van der Waals surface area contributed by atoms with E-state index < -0.39 is 6.03 Å². The van der Waals surface area contributed by atoms with Crippen LogP contribution < -0.4 is 20.3 Å². The third kappa shape index (κ3) is 5.87. The molecule has 36 heavy (non-hydrogen) atoms. The maximum atomic E-state index is 12.7. The lowest BCUT2D eigenvalue weighted by Gasteiger charge is -2.21. The number of amides is 3. The predicted molar refractivity (Wildman–Crippen MR) is 144 cm³/mol. The Labute approximate surface area is 219 Å². The number of hydrogen-bond acceptors (Lipinski definition) is 4. The predicted octanol–water partition coefficient (Wildman–Crippen LogP) is 6.21. The van der Waals surface area contributed by atoms with Gasteiger partial charge in [-0.3, -0.25) is 9.69 Å². The van der Waals surface area contributed by atoms with Crippen molar-refractivity contribution in [1.29, 1.82) is 0 Å². The van der Waals surface area contributed by atoms with Crippen LogP contribution in [0.4, 0.5) is 16.2 Å². The van der Waals surface area contributed by atoms with Crippen molar-refractivity contribution < 1.29 is 14.3 Å². The van der Waals surface area contributed by atoms with E-state index in [2.05, 4.69) is 15.6 Å². The van der Waals surface area contributed by atoms with Crippen LogP contribution >= 0.6 is 23.2 Å². The van der Waals surface area contributed by atoms with Gasteiger partial charge >= 0.3 is 6.03 Å². The Morgan fingerprint density at radius 3 is 2.53 bits per heavy atom. The van der Waals surface area contributed by atoms with Gasteiger partial charge in [0.25, 0.3) is 0 Å². The van der Waals surface area contributed by atoms with Crippen molar-refractivity contribution in [3.63, 3.8) is 0 Å². The number of para-hydroxylation sites is 2. The van der Waals surface area contributed by atoms with Crippen LogP contribution in [0.25, 0.3) is 10.9 Å². The van der Waals surface area contributed by atoms with Gasteiger partial charge < -0.3 is 15.4 Å². The molecule has 0 aliphatic rings. The van der Waals surface area contributed by atoms with Crippen molar-refractivity contribution in [3.05, 3.63) is 94.1 Å². The Hall–Kier alpha value is -3.81. The number of aryl methyl sites for hydroxylation is 1. The molecule has 3 aromatic carbocycles. The number of ether oxygens (including phenoxy) is 1. The van der Waals surface area contributed by atoms with Crippen LogP contribution in [0.5, 0.6) is 5.75 Å². The highest BCUT2D eigenvalue weighted by Gasteiger charge is 2.19. The summed E-state index contributed by atoms with van der Waals surface area (Å²) in [6.45, 7) is 1.79. The molecule has 0 unspecified atom stereocenters. The lowest BCUT2D eigenvalue weighted by molar-refractivity contribution is -0.115. The number of aromatic nitrogens is 1. The summed E-state index contributed by atoms with van der Waals surface area (Å²) in [6, 6.07) is 21.4. The van der Waals surface area contributed by atoms with Crippen molar-refractivity contribution in [3.8, 4) is 5.75 Å². The number of carbonyl (C=O) groups excluding carboxylic acids is 2. The summed E-state index contributed by atoms with van der Waals surface area (Å²) < 4.78 is 6.05. The maximum absolute atomic E-state index is 12.7. The van der Waals surface area contributed by atoms with Crippen molar-refractivity contribution in [2.24, 2.45) is 0 Å². The average Bonchev–Trinajstić information content (AvgIpc) is 2.87. The summed E-state index contributed by atoms with van der Waals surface area (Å²) >= 11 is 13.1. The first-order chi connectivity index (χ1) is 17.3. The fraction of sp³-hybridized carbons (Fsp3) is 0.148. The quantitative estimate of drug-likeness (QED) is 0.302. The van der Waals surface area contributed by atoms with Gasteiger partial charge in [-0.25, -0.2) is 9.78 Å². The van der Waals surface area contributed by atoms with E-state index in [4.69, 9.17) is 27.9 Å². The summed E-state index contributed by atoms with van der Waals surface area (Å²) in [5.74, 6) is 0.252. The molecule has 0 saturated heterocycles. The van der Waals surface area contributed by atoms with Gasteiger partial charge in [-0.2, -0.15) is 0 Å². The summed E-state index contributed by atoms with van der Waals surface area (Å²) in [4.78, 5) is 30.8. The Kier molecular flexibility index (Phi) is 7.93. The van der Waals surface area contributed by atoms with Gasteiger partial charge in [0.2, 0.25) is 5.91 Å². The van der Waals surface area contributed by atoms with Gasteiger partial charge in [0.05, 0.1) is 17.3 Å². The molecule has 1 heterocycles. The fourth-order valence-corrected chi connectivity index (χ4v) is 4.18. The molecule has 7 nitrogen and oxygen atoms in total. The van der Waals surface area contributed by atoms with E-state index in [1.807, 2.05) is 55.5 Å². The number of rotatable bonds is 7. The van der Waals surface area contributed by atoms with Gasteiger partial charge in [-0.15, -0.1) is 0 Å². The number of benzene rings is 3. The highest BCUT2D eigenvalue weighted by molar-refractivity contribution is 6.38. The number of urea groups is 1. The number of fused-ring (bicyclic) bond motifs is 1. The Balaban J connectivity index is 1.45. The molecule has 1 aromatic heterocycles. The second kappa shape index (κ2) is 11.3. The highest BCUT2D eigenvalue weighted by Crippen LogP contribution is 2.35. The zero-order chi connectivity index (χ0) is 25.7. The van der Waals surface area contributed by atoms with Crippen molar-refractivity contribution >= 4 is 57.4 Å². The molecule has 9 heteroatoms. The maximum Gasteiger partial charge on any atom is 0.322 e. The second-order valence-corrected chi connectivity index (χ2v) is 8.85.